The van der Waals surface area contributed by atoms with Crippen LogP contribution in [0.5, 0.6) is 5.75 Å². The maximum atomic E-state index is 14.6. The van der Waals surface area contributed by atoms with Gasteiger partial charge in [0.25, 0.3) is 5.91 Å². The average Bonchev–Trinajstić information content (AvgIpc) is 3.01. The summed E-state index contributed by atoms with van der Waals surface area (Å²) in [4.78, 5) is 59.7. The van der Waals surface area contributed by atoms with E-state index < -0.39 is 11.4 Å². The fourth-order valence-electron chi connectivity index (χ4n) is 5.08. The zero-order valence-electron chi connectivity index (χ0n) is 22.9. The predicted octanol–water partition coefficient (Wildman–Crippen LogP) is 2.71. The van der Waals surface area contributed by atoms with Crippen molar-refractivity contribution in [1.82, 2.24) is 20.2 Å². The summed E-state index contributed by atoms with van der Waals surface area (Å²) in [5.74, 6) is -0.927. The number of anilines is 3. The molecule has 3 amide bonds. The van der Waals surface area contributed by atoms with Crippen molar-refractivity contribution >= 4 is 46.1 Å². The molecule has 2 N–H and O–H groups in total. The minimum Gasteiger partial charge on any atom is -0.484 e. The standard InChI is InChI=1S/C30H27FN6O6/c31-23-16-32-30(35-28(23)33-20-4-8-24-19(15-20)3-10-27(40)43-24)37-13-11-36(12-14-37)26(39)17-42-21-5-1-18(2-6-21)22-7-9-25(38)34-29(22)41/h1-6,8,10,15-16,22H,7,9,11-14,17H2,(H,32,33,35)(H,34,38,41). The number of nitrogens with one attached hydrogen (secondary N) is 2. The lowest BCUT2D eigenvalue weighted by molar-refractivity contribution is -0.135. The van der Waals surface area contributed by atoms with E-state index in [0.29, 0.717) is 67.4 Å². The first-order valence-electron chi connectivity index (χ1n) is 13.7. The molecule has 1 atom stereocenters. The lowest BCUT2D eigenvalue weighted by Gasteiger charge is -2.34. The minimum absolute atomic E-state index is 0.00253. The summed E-state index contributed by atoms with van der Waals surface area (Å²) in [5, 5.41) is 5.98. The van der Waals surface area contributed by atoms with E-state index in [0.717, 1.165) is 11.8 Å². The number of fused-ring (bicyclic) bond motifs is 1. The van der Waals surface area contributed by atoms with Crippen molar-refractivity contribution < 1.29 is 27.9 Å². The molecule has 1 unspecified atom stereocenters. The molecule has 6 rings (SSSR count). The molecule has 220 valence electrons. The van der Waals surface area contributed by atoms with Crippen LogP contribution in [0.1, 0.15) is 24.3 Å². The van der Waals surface area contributed by atoms with Gasteiger partial charge in [0.1, 0.15) is 11.3 Å². The van der Waals surface area contributed by atoms with E-state index in [2.05, 4.69) is 20.6 Å². The number of amides is 3. The summed E-state index contributed by atoms with van der Waals surface area (Å²) >= 11 is 0. The number of imide groups is 1. The molecule has 2 saturated heterocycles. The largest absolute Gasteiger partial charge is 0.484 e. The van der Waals surface area contributed by atoms with Crippen molar-refractivity contribution in [2.75, 3.05) is 43.0 Å². The number of hydrogen-bond acceptors (Lipinski definition) is 10. The zero-order valence-corrected chi connectivity index (χ0v) is 22.9. The fraction of sp³-hybridized carbons (Fsp3) is 0.267. The van der Waals surface area contributed by atoms with Crippen LogP contribution in [0.4, 0.5) is 21.8 Å². The summed E-state index contributed by atoms with van der Waals surface area (Å²) in [5.41, 5.74) is 1.31. The molecule has 2 aromatic carbocycles. The van der Waals surface area contributed by atoms with Gasteiger partial charge in [-0.15, -0.1) is 0 Å². The molecule has 4 heterocycles. The number of rotatable bonds is 7. The Kier molecular flexibility index (Phi) is 7.69. The summed E-state index contributed by atoms with van der Waals surface area (Å²) in [7, 11) is 0. The lowest BCUT2D eigenvalue weighted by atomic mass is 9.90. The second-order valence-corrected chi connectivity index (χ2v) is 10.2. The molecule has 0 aliphatic carbocycles. The van der Waals surface area contributed by atoms with Crippen molar-refractivity contribution in [3.8, 4) is 5.75 Å². The molecule has 0 saturated carbocycles. The van der Waals surface area contributed by atoms with Crippen LogP contribution in [-0.2, 0) is 14.4 Å². The number of halogens is 1. The highest BCUT2D eigenvalue weighted by atomic mass is 19.1. The number of piperazine rings is 1. The Labute approximate surface area is 244 Å². The van der Waals surface area contributed by atoms with Gasteiger partial charge in [-0.25, -0.2) is 14.2 Å². The third-order valence-corrected chi connectivity index (χ3v) is 7.41. The van der Waals surface area contributed by atoms with Crippen LogP contribution >= 0.6 is 0 Å². The number of carbonyl (C=O) groups excluding carboxylic acids is 3. The smallest absolute Gasteiger partial charge is 0.336 e. The monoisotopic (exact) mass is 586 g/mol. The summed E-state index contributed by atoms with van der Waals surface area (Å²) in [6.45, 7) is 1.58. The van der Waals surface area contributed by atoms with Crippen LogP contribution in [-0.4, -0.2) is 65.4 Å². The lowest BCUT2D eigenvalue weighted by Crippen LogP contribution is -2.50. The Bertz CT molecular complexity index is 1750. The van der Waals surface area contributed by atoms with Gasteiger partial charge in [0.05, 0.1) is 12.1 Å². The van der Waals surface area contributed by atoms with Crippen molar-refractivity contribution in [2.45, 2.75) is 18.8 Å². The Morgan fingerprint density at radius 2 is 1.84 bits per heavy atom. The Hall–Kier alpha value is -5.33. The van der Waals surface area contributed by atoms with Gasteiger partial charge >= 0.3 is 5.63 Å². The molecule has 12 nitrogen and oxygen atoms in total. The number of carbonyl (C=O) groups is 3. The number of hydrogen-bond donors (Lipinski definition) is 2. The van der Waals surface area contributed by atoms with Gasteiger partial charge in [0, 0.05) is 49.7 Å². The molecule has 2 aliphatic rings. The molecule has 4 aromatic rings. The predicted molar refractivity (Wildman–Crippen MR) is 154 cm³/mol. The van der Waals surface area contributed by atoms with E-state index >= 15 is 0 Å². The number of piperidine rings is 1. The fourth-order valence-corrected chi connectivity index (χ4v) is 5.08. The highest BCUT2D eigenvalue weighted by Gasteiger charge is 2.28. The summed E-state index contributed by atoms with van der Waals surface area (Å²) in [6, 6.07) is 14.9. The molecule has 2 fully saturated rings. The van der Waals surface area contributed by atoms with E-state index in [1.165, 1.54) is 6.07 Å². The first-order chi connectivity index (χ1) is 20.8. The van der Waals surface area contributed by atoms with E-state index in [1.54, 1.807) is 53.4 Å². The Balaban J connectivity index is 1.02. The van der Waals surface area contributed by atoms with Crippen molar-refractivity contribution in [3.05, 3.63) is 82.6 Å². The summed E-state index contributed by atoms with van der Waals surface area (Å²) in [6.07, 6.45) is 1.86. The van der Waals surface area contributed by atoms with Crippen molar-refractivity contribution in [3.63, 3.8) is 0 Å². The van der Waals surface area contributed by atoms with Gasteiger partial charge in [-0.1, -0.05) is 12.1 Å². The van der Waals surface area contributed by atoms with Gasteiger partial charge in [-0.2, -0.15) is 4.98 Å². The highest BCUT2D eigenvalue weighted by molar-refractivity contribution is 6.00. The maximum absolute atomic E-state index is 14.6. The molecule has 0 bridgehead atoms. The topological polar surface area (TPSA) is 147 Å². The molecule has 13 heteroatoms. The van der Waals surface area contributed by atoms with Gasteiger partial charge in [-0.05, 0) is 48.4 Å². The first kappa shape index (κ1) is 27.8. The van der Waals surface area contributed by atoms with Gasteiger partial charge in [0.2, 0.25) is 17.8 Å². The van der Waals surface area contributed by atoms with Crippen LogP contribution in [0.2, 0.25) is 0 Å². The van der Waals surface area contributed by atoms with Crippen LogP contribution in [0, 0.1) is 5.82 Å². The van der Waals surface area contributed by atoms with Gasteiger partial charge in [-0.3, -0.25) is 19.7 Å². The highest BCUT2D eigenvalue weighted by Crippen LogP contribution is 2.27. The van der Waals surface area contributed by atoms with Crippen LogP contribution in [0.15, 0.2) is 70.0 Å². The maximum Gasteiger partial charge on any atom is 0.336 e. The average molecular weight is 587 g/mol. The van der Waals surface area contributed by atoms with E-state index in [1.807, 2.05) is 4.90 Å². The molecule has 0 spiro atoms. The number of aromatic nitrogens is 2. The van der Waals surface area contributed by atoms with Gasteiger partial charge < -0.3 is 24.3 Å². The normalized spacial score (nSPS) is 17.1. The van der Waals surface area contributed by atoms with Crippen molar-refractivity contribution in [2.24, 2.45) is 0 Å². The number of benzene rings is 2. The number of nitrogens with zero attached hydrogens (tertiary/aromatic N) is 4. The van der Waals surface area contributed by atoms with Crippen LogP contribution < -0.4 is 25.9 Å². The zero-order chi connectivity index (χ0) is 29.9. The van der Waals surface area contributed by atoms with E-state index in [4.69, 9.17) is 9.15 Å². The molecule has 0 radical (unpaired) electrons. The van der Waals surface area contributed by atoms with Crippen molar-refractivity contribution in [1.29, 1.82) is 0 Å². The molecular formula is C30H27FN6O6. The van der Waals surface area contributed by atoms with Crippen LogP contribution in [0.25, 0.3) is 11.0 Å². The molecule has 2 aliphatic heterocycles. The van der Waals surface area contributed by atoms with Crippen LogP contribution in [0.3, 0.4) is 0 Å². The Morgan fingerprint density at radius 3 is 2.60 bits per heavy atom. The first-order valence-corrected chi connectivity index (χ1v) is 13.7. The second-order valence-electron chi connectivity index (χ2n) is 10.2. The third-order valence-electron chi connectivity index (χ3n) is 7.41. The SMILES string of the molecule is O=C1CCC(c2ccc(OCC(=O)N3CCN(c4ncc(F)c(Nc5ccc6oc(=O)ccc6c5)n4)CC3)cc2)C(=O)N1. The number of ether oxygens (including phenoxy) is 1. The molecule has 2 aromatic heterocycles. The Morgan fingerprint density at radius 1 is 1.05 bits per heavy atom. The summed E-state index contributed by atoms with van der Waals surface area (Å²) < 4.78 is 25.4. The molecular weight excluding hydrogens is 559 g/mol. The van der Waals surface area contributed by atoms with E-state index in [-0.39, 0.29) is 36.1 Å². The quantitative estimate of drug-likeness (QED) is 0.245. The second kappa shape index (κ2) is 11.9. The third kappa shape index (κ3) is 6.30. The van der Waals surface area contributed by atoms with Gasteiger partial charge in [0.15, 0.2) is 18.2 Å². The van der Waals surface area contributed by atoms with E-state index in [9.17, 15) is 23.6 Å². The molecule has 43 heavy (non-hydrogen) atoms. The minimum atomic E-state index is -0.625.